The molecule has 2 heterocycles. The third-order valence-electron chi connectivity index (χ3n) is 1.75. The van der Waals surface area contributed by atoms with Crippen molar-refractivity contribution in [1.29, 1.82) is 0 Å². The molecule has 2 unspecified atom stereocenters. The van der Waals surface area contributed by atoms with Crippen LogP contribution in [0.4, 0.5) is 0 Å². The summed E-state index contributed by atoms with van der Waals surface area (Å²) in [4.78, 5) is 0. The number of epoxide rings is 2. The Labute approximate surface area is 55.1 Å². The van der Waals surface area contributed by atoms with Crippen molar-refractivity contribution in [2.75, 3.05) is 6.61 Å². The van der Waals surface area contributed by atoms with Crippen molar-refractivity contribution < 1.29 is 9.47 Å². The molecule has 2 aliphatic heterocycles. The van der Waals surface area contributed by atoms with Gasteiger partial charge >= 0.3 is 0 Å². The van der Waals surface area contributed by atoms with Gasteiger partial charge in [0.05, 0.1) is 18.8 Å². The molecule has 2 fully saturated rings. The van der Waals surface area contributed by atoms with E-state index in [0.29, 0.717) is 12.2 Å². The fourth-order valence-corrected chi connectivity index (χ4v) is 0.973. The summed E-state index contributed by atoms with van der Waals surface area (Å²) < 4.78 is 10.0. The first-order chi connectivity index (χ1) is 4.45. The van der Waals surface area contributed by atoms with Crippen LogP contribution in [0.25, 0.3) is 0 Å². The normalized spacial score (nSPS) is 38.7. The zero-order valence-electron chi connectivity index (χ0n) is 5.38. The van der Waals surface area contributed by atoms with Gasteiger partial charge in [-0.3, -0.25) is 0 Å². The summed E-state index contributed by atoms with van der Waals surface area (Å²) in [6.07, 6.45) is 4.77. The molecule has 51 valence electrons. The van der Waals surface area contributed by atoms with E-state index in [2.05, 4.69) is 0 Å². The quantitative estimate of drug-likeness (QED) is 0.528. The van der Waals surface area contributed by atoms with Gasteiger partial charge in [-0.05, 0) is 19.3 Å². The zero-order valence-corrected chi connectivity index (χ0v) is 5.38. The van der Waals surface area contributed by atoms with Crippen LogP contribution in [0.1, 0.15) is 19.3 Å². The molecule has 2 heteroatoms. The van der Waals surface area contributed by atoms with Crippen LogP contribution in [0.2, 0.25) is 0 Å². The molecule has 0 aromatic carbocycles. The monoisotopic (exact) mass is 127 g/mol. The second kappa shape index (κ2) is 2.27. The van der Waals surface area contributed by atoms with E-state index in [1.165, 1.54) is 19.3 Å². The molecular weight excluding hydrogens is 116 g/mol. The van der Waals surface area contributed by atoms with Gasteiger partial charge in [-0.15, -0.1) is 0 Å². The Kier molecular flexibility index (Phi) is 1.44. The van der Waals surface area contributed by atoms with Crippen molar-refractivity contribution in [3.8, 4) is 0 Å². The van der Waals surface area contributed by atoms with E-state index in [9.17, 15) is 0 Å². The van der Waals surface area contributed by atoms with Crippen LogP contribution >= 0.6 is 0 Å². The lowest BCUT2D eigenvalue weighted by Gasteiger charge is -1.90. The Hall–Kier alpha value is -0.0800. The summed E-state index contributed by atoms with van der Waals surface area (Å²) in [6, 6.07) is 0. The predicted octanol–water partition coefficient (Wildman–Crippen LogP) is 1.12. The summed E-state index contributed by atoms with van der Waals surface area (Å²) in [7, 11) is 0. The molecule has 0 saturated carbocycles. The predicted molar refractivity (Wildman–Crippen MR) is 32.8 cm³/mol. The van der Waals surface area contributed by atoms with Gasteiger partial charge in [0.1, 0.15) is 6.61 Å². The smallest absolute Gasteiger partial charge is 0.113 e. The number of hydrogen-bond acceptors (Lipinski definition) is 2. The van der Waals surface area contributed by atoms with E-state index in [4.69, 9.17) is 9.47 Å². The molecule has 9 heavy (non-hydrogen) atoms. The van der Waals surface area contributed by atoms with E-state index >= 15 is 0 Å². The topological polar surface area (TPSA) is 25.1 Å². The van der Waals surface area contributed by atoms with E-state index in [1.807, 2.05) is 6.61 Å². The highest BCUT2D eigenvalue weighted by molar-refractivity contribution is 4.83. The first-order valence-electron chi connectivity index (χ1n) is 3.55. The van der Waals surface area contributed by atoms with Gasteiger partial charge < -0.3 is 9.47 Å². The van der Waals surface area contributed by atoms with Crippen LogP contribution in [-0.2, 0) is 9.47 Å². The molecule has 2 aliphatic rings. The molecule has 1 radical (unpaired) electrons. The first-order valence-corrected chi connectivity index (χ1v) is 3.55. The number of ether oxygens (including phenoxy) is 2. The maximum absolute atomic E-state index is 5.06. The SMILES string of the molecule is [CH]1OC1CCCC1CO1. The third kappa shape index (κ3) is 1.95. The Morgan fingerprint density at radius 3 is 2.78 bits per heavy atom. The maximum atomic E-state index is 5.06. The van der Waals surface area contributed by atoms with Crippen molar-refractivity contribution in [1.82, 2.24) is 0 Å². The Morgan fingerprint density at radius 2 is 2.22 bits per heavy atom. The summed E-state index contributed by atoms with van der Waals surface area (Å²) in [5.41, 5.74) is 0. The van der Waals surface area contributed by atoms with E-state index in [0.717, 1.165) is 6.61 Å². The minimum Gasteiger partial charge on any atom is -0.373 e. The first kappa shape index (κ1) is 5.69. The van der Waals surface area contributed by atoms with Crippen LogP contribution in [0.5, 0.6) is 0 Å². The van der Waals surface area contributed by atoms with Crippen molar-refractivity contribution in [3.05, 3.63) is 6.61 Å². The molecule has 0 aromatic heterocycles. The van der Waals surface area contributed by atoms with Crippen molar-refractivity contribution in [3.63, 3.8) is 0 Å². The Bertz CT molecular complexity index is 83.1. The Balaban J connectivity index is 1.46. The molecule has 2 rings (SSSR count). The van der Waals surface area contributed by atoms with Crippen molar-refractivity contribution in [2.45, 2.75) is 31.5 Å². The molecule has 0 amide bonds. The van der Waals surface area contributed by atoms with E-state index < -0.39 is 0 Å². The maximum Gasteiger partial charge on any atom is 0.113 e. The van der Waals surface area contributed by atoms with Crippen LogP contribution in [-0.4, -0.2) is 18.8 Å². The second-order valence-corrected chi connectivity index (χ2v) is 2.70. The fraction of sp³-hybridized carbons (Fsp3) is 0.857. The standard InChI is InChI=1S/C7H11O2/c1(2-6-4-8-6)3-7-5-9-7/h4,6-7H,1-3,5H2. The van der Waals surface area contributed by atoms with Gasteiger partial charge in [0.15, 0.2) is 0 Å². The van der Waals surface area contributed by atoms with Gasteiger partial charge in [-0.1, -0.05) is 0 Å². The summed E-state index contributed by atoms with van der Waals surface area (Å²) in [6.45, 7) is 2.89. The van der Waals surface area contributed by atoms with Crippen LogP contribution in [0.3, 0.4) is 0 Å². The molecule has 0 bridgehead atoms. The van der Waals surface area contributed by atoms with Crippen LogP contribution < -0.4 is 0 Å². The molecule has 2 atom stereocenters. The second-order valence-electron chi connectivity index (χ2n) is 2.70. The van der Waals surface area contributed by atoms with Gasteiger partial charge in [-0.25, -0.2) is 0 Å². The highest BCUT2D eigenvalue weighted by atomic mass is 16.6. The molecule has 2 nitrogen and oxygen atoms in total. The lowest BCUT2D eigenvalue weighted by Crippen LogP contribution is -1.88. The minimum atomic E-state index is 0.490. The highest BCUT2D eigenvalue weighted by Crippen LogP contribution is 2.24. The zero-order chi connectivity index (χ0) is 6.10. The van der Waals surface area contributed by atoms with Crippen LogP contribution in [0.15, 0.2) is 0 Å². The molecular formula is C7H11O2. The molecule has 0 aromatic rings. The number of hydrogen-bond donors (Lipinski definition) is 0. The van der Waals surface area contributed by atoms with E-state index in [1.54, 1.807) is 0 Å². The largest absolute Gasteiger partial charge is 0.373 e. The summed E-state index contributed by atoms with van der Waals surface area (Å²) >= 11 is 0. The van der Waals surface area contributed by atoms with Crippen molar-refractivity contribution in [2.24, 2.45) is 0 Å². The lowest BCUT2D eigenvalue weighted by atomic mass is 10.2. The molecule has 0 spiro atoms. The molecule has 2 saturated heterocycles. The number of rotatable bonds is 4. The van der Waals surface area contributed by atoms with E-state index in [-0.39, 0.29) is 0 Å². The van der Waals surface area contributed by atoms with Gasteiger partial charge in [0.2, 0.25) is 0 Å². The molecule has 0 aliphatic carbocycles. The minimum absolute atomic E-state index is 0.490. The summed E-state index contributed by atoms with van der Waals surface area (Å²) in [5.74, 6) is 0. The summed E-state index contributed by atoms with van der Waals surface area (Å²) in [5, 5.41) is 0. The van der Waals surface area contributed by atoms with Gasteiger partial charge in [0.25, 0.3) is 0 Å². The average Bonchev–Trinajstić information content (AvgIpc) is 2.57. The highest BCUT2D eigenvalue weighted by Gasteiger charge is 2.26. The van der Waals surface area contributed by atoms with Gasteiger partial charge in [0, 0.05) is 0 Å². The van der Waals surface area contributed by atoms with Crippen LogP contribution in [0, 0.1) is 6.61 Å². The average molecular weight is 127 g/mol. The molecule has 0 N–H and O–H groups in total. The van der Waals surface area contributed by atoms with Crippen molar-refractivity contribution >= 4 is 0 Å². The third-order valence-corrected chi connectivity index (χ3v) is 1.75. The Morgan fingerprint density at radius 1 is 1.44 bits per heavy atom. The lowest BCUT2D eigenvalue weighted by molar-refractivity contribution is 0.369. The van der Waals surface area contributed by atoms with Gasteiger partial charge in [-0.2, -0.15) is 0 Å². The fourth-order valence-electron chi connectivity index (χ4n) is 0.973.